The van der Waals surface area contributed by atoms with Crippen molar-refractivity contribution in [1.82, 2.24) is 9.55 Å². The highest BCUT2D eigenvalue weighted by Gasteiger charge is 2.24. The first kappa shape index (κ1) is 14.7. The average Bonchev–Trinajstić information content (AvgIpc) is 2.75. The second-order valence-corrected chi connectivity index (χ2v) is 5.52. The molecule has 20 heavy (non-hydrogen) atoms. The molecule has 1 atom stereocenters. The van der Waals surface area contributed by atoms with Gasteiger partial charge in [-0.3, -0.25) is 0 Å². The number of benzene rings is 1. The quantitative estimate of drug-likeness (QED) is 0.881. The molecule has 0 bridgehead atoms. The molecule has 0 aliphatic rings. The van der Waals surface area contributed by atoms with E-state index in [1.54, 1.807) is 19.2 Å². The molecule has 0 aliphatic carbocycles. The Hall–Kier alpha value is -1.68. The van der Waals surface area contributed by atoms with Crippen molar-refractivity contribution in [3.8, 4) is 0 Å². The summed E-state index contributed by atoms with van der Waals surface area (Å²) in [4.78, 5) is 4.31. The van der Waals surface area contributed by atoms with Gasteiger partial charge in [0.1, 0.15) is 11.6 Å². The van der Waals surface area contributed by atoms with E-state index in [1.807, 2.05) is 12.3 Å². The van der Waals surface area contributed by atoms with E-state index in [0.29, 0.717) is 12.8 Å². The van der Waals surface area contributed by atoms with Crippen LogP contribution in [-0.2, 0) is 19.4 Å². The van der Waals surface area contributed by atoms with Gasteiger partial charge in [-0.2, -0.15) is 0 Å². The number of aromatic nitrogens is 2. The van der Waals surface area contributed by atoms with Gasteiger partial charge in [-0.15, -0.1) is 0 Å². The molecule has 0 aliphatic heterocycles. The molecule has 0 saturated heterocycles. The monoisotopic (exact) mass is 276 g/mol. The predicted octanol–water partition coefficient (Wildman–Crippen LogP) is 2.97. The van der Waals surface area contributed by atoms with Crippen molar-refractivity contribution >= 4 is 0 Å². The van der Waals surface area contributed by atoms with E-state index in [1.165, 1.54) is 12.1 Å². The minimum Gasteiger partial charge on any atom is -0.389 e. The fraction of sp³-hybridized carbons (Fsp3) is 0.438. The van der Waals surface area contributed by atoms with Gasteiger partial charge < -0.3 is 9.67 Å². The molecule has 2 aromatic rings. The van der Waals surface area contributed by atoms with Crippen LogP contribution in [0.2, 0.25) is 0 Å². The lowest BCUT2D eigenvalue weighted by molar-refractivity contribution is 0.0578. The highest BCUT2D eigenvalue weighted by Crippen LogP contribution is 2.19. The molecule has 1 N–H and O–H groups in total. The lowest BCUT2D eigenvalue weighted by Gasteiger charge is -2.23. The standard InChI is InChI=1S/C16H21FN2O/c1-3-8-19-9-7-18-15(19)12-16(2,20)11-13-5-4-6-14(17)10-13/h4-7,9-10,20H,3,8,11-12H2,1-2H3. The van der Waals surface area contributed by atoms with E-state index < -0.39 is 5.60 Å². The summed E-state index contributed by atoms with van der Waals surface area (Å²) in [7, 11) is 0. The van der Waals surface area contributed by atoms with E-state index in [9.17, 15) is 9.50 Å². The van der Waals surface area contributed by atoms with Crippen LogP contribution < -0.4 is 0 Å². The maximum Gasteiger partial charge on any atom is 0.123 e. The zero-order chi connectivity index (χ0) is 14.6. The number of hydrogen-bond donors (Lipinski definition) is 1. The smallest absolute Gasteiger partial charge is 0.123 e. The van der Waals surface area contributed by atoms with Gasteiger partial charge in [0.15, 0.2) is 0 Å². The Kier molecular flexibility index (Phi) is 4.55. The average molecular weight is 276 g/mol. The maximum absolute atomic E-state index is 13.2. The maximum atomic E-state index is 13.2. The number of nitrogens with zero attached hydrogens (tertiary/aromatic N) is 2. The van der Waals surface area contributed by atoms with E-state index in [2.05, 4.69) is 16.5 Å². The van der Waals surface area contributed by atoms with Crippen molar-refractivity contribution in [2.45, 2.75) is 45.3 Å². The van der Waals surface area contributed by atoms with E-state index >= 15 is 0 Å². The van der Waals surface area contributed by atoms with E-state index in [0.717, 1.165) is 24.4 Å². The third-order valence-electron chi connectivity index (χ3n) is 3.28. The number of rotatable bonds is 6. The van der Waals surface area contributed by atoms with E-state index in [4.69, 9.17) is 0 Å². The van der Waals surface area contributed by atoms with Crippen molar-refractivity contribution in [3.05, 3.63) is 53.9 Å². The third kappa shape index (κ3) is 3.90. The molecule has 0 amide bonds. The summed E-state index contributed by atoms with van der Waals surface area (Å²) >= 11 is 0. The van der Waals surface area contributed by atoms with Crippen LogP contribution in [-0.4, -0.2) is 20.3 Å². The van der Waals surface area contributed by atoms with Crippen molar-refractivity contribution in [1.29, 1.82) is 0 Å². The molecule has 2 rings (SSSR count). The van der Waals surface area contributed by atoms with Crippen LogP contribution in [0.3, 0.4) is 0 Å². The van der Waals surface area contributed by atoms with Crippen molar-refractivity contribution < 1.29 is 9.50 Å². The van der Waals surface area contributed by atoms with Crippen LogP contribution in [0.1, 0.15) is 31.7 Å². The third-order valence-corrected chi connectivity index (χ3v) is 3.28. The summed E-state index contributed by atoms with van der Waals surface area (Å²) in [6, 6.07) is 6.37. The molecule has 3 nitrogen and oxygen atoms in total. The summed E-state index contributed by atoms with van der Waals surface area (Å²) in [5.41, 5.74) is -0.145. The first-order valence-electron chi connectivity index (χ1n) is 6.97. The van der Waals surface area contributed by atoms with Crippen molar-refractivity contribution in [2.75, 3.05) is 0 Å². The van der Waals surface area contributed by atoms with Gasteiger partial charge >= 0.3 is 0 Å². The Bertz CT molecular complexity index is 563. The highest BCUT2D eigenvalue weighted by molar-refractivity contribution is 5.18. The topological polar surface area (TPSA) is 38.0 Å². The summed E-state index contributed by atoms with van der Waals surface area (Å²) in [6.07, 6.45) is 5.57. The van der Waals surface area contributed by atoms with Gasteiger partial charge in [-0.1, -0.05) is 19.1 Å². The van der Waals surface area contributed by atoms with Gasteiger partial charge in [0.25, 0.3) is 0 Å². The van der Waals surface area contributed by atoms with Gasteiger partial charge in [0.2, 0.25) is 0 Å². The molecule has 1 heterocycles. The van der Waals surface area contributed by atoms with Crippen LogP contribution >= 0.6 is 0 Å². The van der Waals surface area contributed by atoms with Gasteiger partial charge in [0.05, 0.1) is 5.60 Å². The number of halogens is 1. The molecule has 0 fully saturated rings. The number of imidazole rings is 1. The van der Waals surface area contributed by atoms with Gasteiger partial charge in [0, 0.05) is 31.8 Å². The first-order chi connectivity index (χ1) is 9.50. The molecule has 0 radical (unpaired) electrons. The first-order valence-corrected chi connectivity index (χ1v) is 6.97. The highest BCUT2D eigenvalue weighted by atomic mass is 19.1. The number of aryl methyl sites for hydroxylation is 1. The molecule has 1 unspecified atom stereocenters. The second kappa shape index (κ2) is 6.18. The molecular formula is C16H21FN2O. The Labute approximate surface area is 119 Å². The lowest BCUT2D eigenvalue weighted by atomic mass is 9.93. The summed E-state index contributed by atoms with van der Waals surface area (Å²) in [5.74, 6) is 0.596. The molecule has 1 aromatic carbocycles. The van der Waals surface area contributed by atoms with Crippen LogP contribution in [0.25, 0.3) is 0 Å². The largest absolute Gasteiger partial charge is 0.389 e. The summed E-state index contributed by atoms with van der Waals surface area (Å²) < 4.78 is 15.2. The Morgan fingerprint density at radius 1 is 1.35 bits per heavy atom. The summed E-state index contributed by atoms with van der Waals surface area (Å²) in [5, 5.41) is 10.5. The van der Waals surface area contributed by atoms with Crippen LogP contribution in [0.5, 0.6) is 0 Å². The minimum atomic E-state index is -0.940. The minimum absolute atomic E-state index is 0.272. The normalized spacial score (nSPS) is 14.2. The SMILES string of the molecule is CCCn1ccnc1CC(C)(O)Cc1cccc(F)c1. The van der Waals surface area contributed by atoms with Crippen LogP contribution in [0, 0.1) is 5.82 Å². The zero-order valence-electron chi connectivity index (χ0n) is 12.0. The Balaban J connectivity index is 2.08. The van der Waals surface area contributed by atoms with Crippen molar-refractivity contribution in [2.24, 2.45) is 0 Å². The fourth-order valence-electron chi connectivity index (χ4n) is 2.44. The number of hydrogen-bond acceptors (Lipinski definition) is 2. The molecule has 0 spiro atoms. The number of aliphatic hydroxyl groups is 1. The molecule has 1 aromatic heterocycles. The fourth-order valence-corrected chi connectivity index (χ4v) is 2.44. The molecule has 108 valence electrons. The Morgan fingerprint density at radius 2 is 2.15 bits per heavy atom. The van der Waals surface area contributed by atoms with Gasteiger partial charge in [-0.05, 0) is 31.0 Å². The predicted molar refractivity (Wildman–Crippen MR) is 76.9 cm³/mol. The molecule has 0 saturated carbocycles. The van der Waals surface area contributed by atoms with Crippen LogP contribution in [0.15, 0.2) is 36.7 Å². The van der Waals surface area contributed by atoms with Crippen molar-refractivity contribution in [3.63, 3.8) is 0 Å². The molecular weight excluding hydrogens is 255 g/mol. The van der Waals surface area contributed by atoms with Gasteiger partial charge in [-0.25, -0.2) is 9.37 Å². The van der Waals surface area contributed by atoms with Crippen LogP contribution in [0.4, 0.5) is 4.39 Å². The Morgan fingerprint density at radius 3 is 2.85 bits per heavy atom. The summed E-state index contributed by atoms with van der Waals surface area (Å²) in [6.45, 7) is 4.77. The second-order valence-electron chi connectivity index (χ2n) is 5.52. The molecule has 4 heteroatoms. The lowest BCUT2D eigenvalue weighted by Crippen LogP contribution is -2.31. The van der Waals surface area contributed by atoms with E-state index in [-0.39, 0.29) is 5.82 Å². The zero-order valence-corrected chi connectivity index (χ0v) is 12.0.